The second kappa shape index (κ2) is 6.08. The predicted octanol–water partition coefficient (Wildman–Crippen LogP) is 3.44. The van der Waals surface area contributed by atoms with Crippen LogP contribution in [0, 0.1) is 5.82 Å². The van der Waals surface area contributed by atoms with Gasteiger partial charge in [-0.25, -0.2) is 9.07 Å². The molecule has 0 atom stereocenters. The summed E-state index contributed by atoms with van der Waals surface area (Å²) in [6.45, 7) is 0.210. The van der Waals surface area contributed by atoms with E-state index in [0.717, 1.165) is 17.7 Å². The first-order valence-corrected chi connectivity index (χ1v) is 7.09. The van der Waals surface area contributed by atoms with Gasteiger partial charge in [0.2, 0.25) is 0 Å². The van der Waals surface area contributed by atoms with Gasteiger partial charge in [0.15, 0.2) is 5.82 Å². The van der Waals surface area contributed by atoms with Gasteiger partial charge in [-0.15, -0.1) is 5.10 Å². The van der Waals surface area contributed by atoms with E-state index in [2.05, 4.69) is 10.3 Å². The lowest BCUT2D eigenvalue weighted by atomic mass is 10.1. The summed E-state index contributed by atoms with van der Waals surface area (Å²) in [5.41, 5.74) is 5.37. The molecule has 0 spiro atoms. The minimum Gasteiger partial charge on any atom is -0.508 e. The fourth-order valence-electron chi connectivity index (χ4n) is 2.29. The summed E-state index contributed by atoms with van der Waals surface area (Å²) >= 11 is 0. The molecule has 0 aliphatic rings. The van der Waals surface area contributed by atoms with Crippen LogP contribution in [-0.2, 0) is 12.7 Å². The molecule has 0 aliphatic carbocycles. The molecule has 0 saturated carbocycles. The Morgan fingerprint density at radius 3 is 2.36 bits per heavy atom. The smallest absolute Gasteiger partial charge is 0.416 e. The van der Waals surface area contributed by atoms with Crippen LogP contribution in [0.4, 0.5) is 23.4 Å². The van der Waals surface area contributed by atoms with E-state index in [4.69, 9.17) is 5.73 Å². The van der Waals surface area contributed by atoms with Gasteiger partial charge in [-0.1, -0.05) is 17.3 Å². The van der Waals surface area contributed by atoms with Crippen LogP contribution in [0.3, 0.4) is 0 Å². The molecule has 25 heavy (non-hydrogen) atoms. The maximum atomic E-state index is 14.1. The monoisotopic (exact) mass is 352 g/mol. The summed E-state index contributed by atoms with van der Waals surface area (Å²) in [4.78, 5) is 0. The number of anilines is 1. The van der Waals surface area contributed by atoms with Gasteiger partial charge in [0, 0.05) is 5.56 Å². The van der Waals surface area contributed by atoms with Crippen molar-refractivity contribution in [1.82, 2.24) is 15.0 Å². The van der Waals surface area contributed by atoms with Crippen molar-refractivity contribution in [3.63, 3.8) is 0 Å². The van der Waals surface area contributed by atoms with E-state index in [1.54, 1.807) is 12.1 Å². The summed E-state index contributed by atoms with van der Waals surface area (Å²) in [6, 6.07) is 8.40. The van der Waals surface area contributed by atoms with Crippen molar-refractivity contribution in [2.75, 3.05) is 5.73 Å². The molecule has 0 amide bonds. The average Bonchev–Trinajstić information content (AvgIpc) is 2.89. The highest BCUT2D eigenvalue weighted by atomic mass is 19.4. The third-order valence-corrected chi connectivity index (χ3v) is 3.59. The highest BCUT2D eigenvalue weighted by molar-refractivity contribution is 5.70. The van der Waals surface area contributed by atoms with Crippen LogP contribution in [0.15, 0.2) is 42.5 Å². The first kappa shape index (κ1) is 16.7. The quantitative estimate of drug-likeness (QED) is 0.708. The molecule has 9 heteroatoms. The Morgan fingerprint density at radius 1 is 1.08 bits per heavy atom. The van der Waals surface area contributed by atoms with Crippen molar-refractivity contribution in [3.05, 3.63) is 59.4 Å². The van der Waals surface area contributed by atoms with Crippen molar-refractivity contribution in [2.45, 2.75) is 12.7 Å². The average molecular weight is 352 g/mol. The van der Waals surface area contributed by atoms with E-state index in [0.29, 0.717) is 6.07 Å². The molecule has 5 nitrogen and oxygen atoms in total. The molecule has 3 rings (SSSR count). The first-order valence-electron chi connectivity index (χ1n) is 7.09. The second-order valence-electron chi connectivity index (χ2n) is 5.34. The lowest BCUT2D eigenvalue weighted by molar-refractivity contribution is -0.137. The number of benzene rings is 2. The molecule has 1 aromatic heterocycles. The maximum absolute atomic E-state index is 14.1. The number of phenols is 1. The summed E-state index contributed by atoms with van der Waals surface area (Å²) in [7, 11) is 0. The minimum atomic E-state index is -4.64. The largest absolute Gasteiger partial charge is 0.508 e. The van der Waals surface area contributed by atoms with Gasteiger partial charge >= 0.3 is 6.18 Å². The zero-order valence-corrected chi connectivity index (χ0v) is 12.6. The van der Waals surface area contributed by atoms with Crippen molar-refractivity contribution >= 4 is 5.82 Å². The Bertz CT molecular complexity index is 903. The summed E-state index contributed by atoms with van der Waals surface area (Å²) in [6.07, 6.45) is -4.64. The molecule has 0 radical (unpaired) electrons. The van der Waals surface area contributed by atoms with Crippen LogP contribution in [-0.4, -0.2) is 20.1 Å². The van der Waals surface area contributed by atoms with Crippen LogP contribution in [0.1, 0.15) is 11.1 Å². The van der Waals surface area contributed by atoms with E-state index in [-0.39, 0.29) is 29.4 Å². The Balaban J connectivity index is 1.92. The van der Waals surface area contributed by atoms with Gasteiger partial charge in [0.05, 0.1) is 12.1 Å². The topological polar surface area (TPSA) is 77.0 Å². The molecule has 0 bridgehead atoms. The lowest BCUT2D eigenvalue weighted by Gasteiger charge is -2.08. The standard InChI is InChI=1S/C16H12F4N4O/c17-13-7-10(16(18,19)20)3-6-12(13)14-15(21)24(23-22-14)8-9-1-4-11(25)5-2-9/h1-7,25H,8,21H2. The summed E-state index contributed by atoms with van der Waals surface area (Å²) in [5.74, 6) is -0.965. The van der Waals surface area contributed by atoms with E-state index >= 15 is 0 Å². The van der Waals surface area contributed by atoms with Gasteiger partial charge in [-0.05, 0) is 35.9 Å². The SMILES string of the molecule is Nc1c(-c2ccc(C(F)(F)F)cc2F)nnn1Cc1ccc(O)cc1. The van der Waals surface area contributed by atoms with E-state index in [1.165, 1.54) is 16.8 Å². The number of nitrogens with zero attached hydrogens (tertiary/aromatic N) is 3. The molecular weight excluding hydrogens is 340 g/mol. The molecule has 130 valence electrons. The molecule has 0 aliphatic heterocycles. The van der Waals surface area contributed by atoms with Crippen LogP contribution < -0.4 is 5.73 Å². The molecule has 0 unspecified atom stereocenters. The van der Waals surface area contributed by atoms with Crippen LogP contribution in [0.2, 0.25) is 0 Å². The highest BCUT2D eigenvalue weighted by Gasteiger charge is 2.31. The Labute approximate surface area is 139 Å². The van der Waals surface area contributed by atoms with Crippen LogP contribution in [0.5, 0.6) is 5.75 Å². The Morgan fingerprint density at radius 2 is 1.76 bits per heavy atom. The van der Waals surface area contributed by atoms with Crippen LogP contribution in [0.25, 0.3) is 11.3 Å². The predicted molar refractivity (Wildman–Crippen MR) is 82.0 cm³/mol. The zero-order chi connectivity index (χ0) is 18.2. The minimum absolute atomic E-state index is 0.0201. The van der Waals surface area contributed by atoms with E-state index < -0.39 is 17.6 Å². The van der Waals surface area contributed by atoms with Gasteiger partial charge in [-0.3, -0.25) is 0 Å². The third kappa shape index (κ3) is 3.39. The maximum Gasteiger partial charge on any atom is 0.416 e. The fraction of sp³-hybridized carbons (Fsp3) is 0.125. The molecule has 3 N–H and O–H groups in total. The zero-order valence-electron chi connectivity index (χ0n) is 12.6. The number of nitrogen functional groups attached to an aromatic ring is 1. The van der Waals surface area contributed by atoms with Crippen molar-refractivity contribution < 1.29 is 22.7 Å². The van der Waals surface area contributed by atoms with Gasteiger partial charge in [-0.2, -0.15) is 13.2 Å². The Hall–Kier alpha value is -3.10. The molecule has 0 saturated heterocycles. The molecule has 1 heterocycles. The lowest BCUT2D eigenvalue weighted by Crippen LogP contribution is -2.07. The Kier molecular flexibility index (Phi) is 4.07. The van der Waals surface area contributed by atoms with Gasteiger partial charge in [0.25, 0.3) is 0 Å². The van der Waals surface area contributed by atoms with Crippen LogP contribution >= 0.6 is 0 Å². The normalized spacial score (nSPS) is 11.7. The van der Waals surface area contributed by atoms with E-state index in [9.17, 15) is 22.7 Å². The number of phenolic OH excluding ortho intramolecular Hbond substituents is 1. The summed E-state index contributed by atoms with van der Waals surface area (Å²) < 4.78 is 53.2. The van der Waals surface area contributed by atoms with Gasteiger partial charge < -0.3 is 10.8 Å². The number of hydrogen-bond donors (Lipinski definition) is 2. The first-order chi connectivity index (χ1) is 11.8. The number of aromatic hydroxyl groups is 1. The fourth-order valence-corrected chi connectivity index (χ4v) is 2.29. The number of nitrogens with two attached hydrogens (primary N) is 1. The number of hydrogen-bond acceptors (Lipinski definition) is 4. The number of rotatable bonds is 3. The van der Waals surface area contributed by atoms with E-state index in [1.807, 2.05) is 0 Å². The highest BCUT2D eigenvalue weighted by Crippen LogP contribution is 2.33. The number of aromatic nitrogens is 3. The van der Waals surface area contributed by atoms with Crippen molar-refractivity contribution in [3.8, 4) is 17.0 Å². The molecule has 2 aromatic carbocycles. The van der Waals surface area contributed by atoms with Crippen molar-refractivity contribution in [1.29, 1.82) is 0 Å². The molecule has 3 aromatic rings. The molecular formula is C16H12F4N4O. The molecule has 0 fully saturated rings. The summed E-state index contributed by atoms with van der Waals surface area (Å²) in [5, 5.41) is 16.8. The number of alkyl halides is 3. The second-order valence-corrected chi connectivity index (χ2v) is 5.34. The van der Waals surface area contributed by atoms with Crippen molar-refractivity contribution in [2.24, 2.45) is 0 Å². The van der Waals surface area contributed by atoms with Gasteiger partial charge in [0.1, 0.15) is 17.3 Å². The number of halogens is 4. The third-order valence-electron chi connectivity index (χ3n) is 3.59.